The molecule has 0 aromatic carbocycles. The number of hydrogen-bond donors (Lipinski definition) is 0. The van der Waals surface area contributed by atoms with Crippen LogP contribution in [0.4, 0.5) is 19.0 Å². The normalized spacial score (nSPS) is 11.7. The maximum absolute atomic E-state index is 11.9. The predicted molar refractivity (Wildman–Crippen MR) is 38.5 cm³/mol. The highest BCUT2D eigenvalue weighted by Gasteiger charge is 2.29. The summed E-state index contributed by atoms with van der Waals surface area (Å²) in [4.78, 5) is 13.7. The van der Waals surface area contributed by atoms with Crippen LogP contribution in [-0.4, -0.2) is 15.7 Å². The molecule has 0 spiro atoms. The summed E-state index contributed by atoms with van der Waals surface area (Å²) in [6, 6.07) is 0. The van der Waals surface area contributed by atoms with Gasteiger partial charge in [-0.2, -0.15) is 13.2 Å². The molecule has 0 saturated heterocycles. The van der Waals surface area contributed by atoms with Gasteiger partial charge in [0.25, 0.3) is 0 Å². The second-order valence-electron chi connectivity index (χ2n) is 2.49. The van der Waals surface area contributed by atoms with E-state index in [0.29, 0.717) is 4.57 Å². The van der Waals surface area contributed by atoms with Gasteiger partial charge < -0.3 is 4.57 Å². The molecule has 0 aliphatic carbocycles. The molecule has 0 aliphatic rings. The van der Waals surface area contributed by atoms with E-state index in [1.165, 1.54) is 6.92 Å². The first kappa shape index (κ1) is 9.69. The summed E-state index contributed by atoms with van der Waals surface area (Å²) >= 11 is 0. The summed E-state index contributed by atoms with van der Waals surface area (Å²) in [7, 11) is 0. The fraction of sp³-hybridized carbons (Fsp3) is 0.500. The van der Waals surface area contributed by atoms with Crippen molar-refractivity contribution < 1.29 is 13.2 Å². The van der Waals surface area contributed by atoms with Crippen molar-refractivity contribution in [3.8, 4) is 0 Å². The summed E-state index contributed by atoms with van der Waals surface area (Å²) < 4.78 is 36.3. The van der Waals surface area contributed by atoms with Crippen LogP contribution in [0.5, 0.6) is 0 Å². The summed E-state index contributed by atoms with van der Waals surface area (Å²) in [5.41, 5.74) is 0.194. The summed E-state index contributed by atoms with van der Waals surface area (Å²) in [6.45, 7) is 0.179. The SMILES string of the molecule is Cc1ncn(CC(F)(F)F)c1N=O. The topological polar surface area (TPSA) is 47.2 Å². The van der Waals surface area contributed by atoms with Crippen molar-refractivity contribution in [3.63, 3.8) is 0 Å². The van der Waals surface area contributed by atoms with E-state index in [-0.39, 0.29) is 11.5 Å². The van der Waals surface area contributed by atoms with Gasteiger partial charge in [-0.15, -0.1) is 4.91 Å². The Morgan fingerprint density at radius 1 is 1.62 bits per heavy atom. The van der Waals surface area contributed by atoms with E-state index in [1.807, 2.05) is 0 Å². The van der Waals surface area contributed by atoms with E-state index < -0.39 is 12.7 Å². The summed E-state index contributed by atoms with van der Waals surface area (Å²) in [6.07, 6.45) is -3.42. The van der Waals surface area contributed by atoms with E-state index in [1.54, 1.807) is 0 Å². The molecule has 1 aromatic rings. The van der Waals surface area contributed by atoms with E-state index >= 15 is 0 Å². The molecule has 0 aliphatic heterocycles. The molecule has 0 amide bonds. The Morgan fingerprint density at radius 3 is 2.69 bits per heavy atom. The van der Waals surface area contributed by atoms with Gasteiger partial charge in [0.1, 0.15) is 6.54 Å². The fourth-order valence-electron chi connectivity index (χ4n) is 0.904. The number of aromatic nitrogens is 2. The largest absolute Gasteiger partial charge is 0.406 e. The van der Waals surface area contributed by atoms with Gasteiger partial charge in [-0.3, -0.25) is 0 Å². The van der Waals surface area contributed by atoms with E-state index in [0.717, 1.165) is 6.33 Å². The van der Waals surface area contributed by atoms with Gasteiger partial charge >= 0.3 is 6.18 Å². The predicted octanol–water partition coefficient (Wildman–Crippen LogP) is 2.15. The van der Waals surface area contributed by atoms with Crippen LogP contribution >= 0.6 is 0 Å². The Labute approximate surface area is 71.4 Å². The monoisotopic (exact) mass is 193 g/mol. The Hall–Kier alpha value is -1.40. The summed E-state index contributed by atoms with van der Waals surface area (Å²) in [5.74, 6) is -0.280. The molecule has 72 valence electrons. The van der Waals surface area contributed by atoms with Crippen molar-refractivity contribution in [1.82, 2.24) is 9.55 Å². The number of rotatable bonds is 2. The molecule has 0 saturated carbocycles. The van der Waals surface area contributed by atoms with Gasteiger partial charge in [-0.05, 0) is 12.1 Å². The molecular formula is C6H6F3N3O. The first-order valence-electron chi connectivity index (χ1n) is 3.36. The molecule has 13 heavy (non-hydrogen) atoms. The van der Waals surface area contributed by atoms with Crippen LogP contribution in [-0.2, 0) is 6.54 Å². The molecule has 7 heteroatoms. The average molecular weight is 193 g/mol. The van der Waals surface area contributed by atoms with Gasteiger partial charge in [0, 0.05) is 0 Å². The smallest absolute Gasteiger partial charge is 0.304 e. The Kier molecular flexibility index (Phi) is 2.35. The van der Waals surface area contributed by atoms with Crippen LogP contribution in [0.2, 0.25) is 0 Å². The van der Waals surface area contributed by atoms with Gasteiger partial charge in [0.2, 0.25) is 0 Å². The van der Waals surface area contributed by atoms with Crippen LogP contribution in [0, 0.1) is 11.8 Å². The first-order valence-corrected chi connectivity index (χ1v) is 3.36. The highest BCUT2D eigenvalue weighted by atomic mass is 19.4. The number of aryl methyl sites for hydroxylation is 1. The van der Waals surface area contributed by atoms with Crippen molar-refractivity contribution >= 4 is 5.82 Å². The minimum Gasteiger partial charge on any atom is -0.304 e. The second kappa shape index (κ2) is 3.15. The Morgan fingerprint density at radius 2 is 2.23 bits per heavy atom. The highest BCUT2D eigenvalue weighted by molar-refractivity contribution is 5.33. The molecule has 0 N–H and O–H groups in total. The quantitative estimate of drug-likeness (QED) is 0.675. The van der Waals surface area contributed by atoms with Gasteiger partial charge in [-0.1, -0.05) is 0 Å². The third-order valence-corrected chi connectivity index (χ3v) is 1.42. The average Bonchev–Trinajstić information content (AvgIpc) is 2.28. The highest BCUT2D eigenvalue weighted by Crippen LogP contribution is 2.23. The molecule has 0 fully saturated rings. The zero-order valence-corrected chi connectivity index (χ0v) is 6.67. The number of hydrogen-bond acceptors (Lipinski definition) is 3. The van der Waals surface area contributed by atoms with Crippen LogP contribution in [0.25, 0.3) is 0 Å². The van der Waals surface area contributed by atoms with Crippen molar-refractivity contribution in [2.75, 3.05) is 0 Å². The van der Waals surface area contributed by atoms with Crippen LogP contribution in [0.3, 0.4) is 0 Å². The maximum atomic E-state index is 11.9. The van der Waals surface area contributed by atoms with Crippen molar-refractivity contribution in [2.24, 2.45) is 5.18 Å². The number of alkyl halides is 3. The fourth-order valence-corrected chi connectivity index (χ4v) is 0.904. The molecular weight excluding hydrogens is 187 g/mol. The molecule has 0 radical (unpaired) electrons. The Bertz CT molecular complexity index is 317. The van der Waals surface area contributed by atoms with Crippen molar-refractivity contribution in [1.29, 1.82) is 0 Å². The second-order valence-corrected chi connectivity index (χ2v) is 2.49. The minimum atomic E-state index is -4.37. The molecule has 1 rings (SSSR count). The van der Waals surface area contributed by atoms with Crippen molar-refractivity contribution in [3.05, 3.63) is 16.9 Å². The minimum absolute atomic E-state index is 0.194. The molecule has 0 atom stereocenters. The van der Waals surface area contributed by atoms with E-state index in [2.05, 4.69) is 10.2 Å². The third kappa shape index (κ3) is 2.27. The number of nitroso groups, excluding NO2 is 1. The lowest BCUT2D eigenvalue weighted by Crippen LogP contribution is -2.16. The van der Waals surface area contributed by atoms with Gasteiger partial charge in [0.15, 0.2) is 5.82 Å². The number of imidazole rings is 1. The molecule has 1 heterocycles. The van der Waals surface area contributed by atoms with Crippen LogP contribution in [0.15, 0.2) is 11.5 Å². The molecule has 1 aromatic heterocycles. The van der Waals surface area contributed by atoms with E-state index in [9.17, 15) is 18.1 Å². The van der Waals surface area contributed by atoms with Crippen LogP contribution < -0.4 is 0 Å². The maximum Gasteiger partial charge on any atom is 0.406 e. The standard InChI is InChI=1S/C6H6F3N3O/c1-4-5(11-13)12(3-10-4)2-6(7,8)9/h3H,2H2,1H3. The lowest BCUT2D eigenvalue weighted by Gasteiger charge is -2.06. The van der Waals surface area contributed by atoms with E-state index in [4.69, 9.17) is 0 Å². The zero-order valence-electron chi connectivity index (χ0n) is 6.67. The molecule has 0 bridgehead atoms. The van der Waals surface area contributed by atoms with Crippen LogP contribution in [0.1, 0.15) is 5.69 Å². The number of halogens is 3. The molecule has 0 unspecified atom stereocenters. The van der Waals surface area contributed by atoms with Gasteiger partial charge in [-0.25, -0.2) is 4.98 Å². The zero-order chi connectivity index (χ0) is 10.1. The molecule has 4 nitrogen and oxygen atoms in total. The lowest BCUT2D eigenvalue weighted by atomic mass is 10.5. The van der Waals surface area contributed by atoms with Gasteiger partial charge in [0.05, 0.1) is 12.0 Å². The lowest BCUT2D eigenvalue weighted by molar-refractivity contribution is -0.140. The van der Waals surface area contributed by atoms with Crippen molar-refractivity contribution in [2.45, 2.75) is 19.6 Å². The Balaban J connectivity index is 2.95. The number of nitrogens with zero attached hydrogens (tertiary/aromatic N) is 3. The third-order valence-electron chi connectivity index (χ3n) is 1.42. The summed E-state index contributed by atoms with van der Waals surface area (Å²) in [5, 5.41) is 2.46. The first-order chi connectivity index (χ1) is 5.94.